The van der Waals surface area contributed by atoms with Gasteiger partial charge in [0, 0.05) is 25.5 Å². The number of carbonyl (C=O) groups is 2. The summed E-state index contributed by atoms with van der Waals surface area (Å²) >= 11 is 0. The maximum atomic E-state index is 12.8. The van der Waals surface area contributed by atoms with E-state index in [-0.39, 0.29) is 29.7 Å². The van der Waals surface area contributed by atoms with Gasteiger partial charge in [0.2, 0.25) is 0 Å². The molecule has 126 valence electrons. The maximum Gasteiger partial charge on any atom is 0.325 e. The molecule has 24 heavy (non-hydrogen) atoms. The van der Waals surface area contributed by atoms with Crippen molar-refractivity contribution in [2.75, 3.05) is 13.1 Å². The third kappa shape index (κ3) is 3.24. The maximum absolute atomic E-state index is 12.8. The van der Waals surface area contributed by atoms with E-state index in [1.807, 2.05) is 0 Å². The number of hydrogen-bond acceptors (Lipinski definition) is 6. The summed E-state index contributed by atoms with van der Waals surface area (Å²) in [6.07, 6.45) is 5.96. The number of piperidine rings is 1. The van der Waals surface area contributed by atoms with Crippen molar-refractivity contribution in [1.29, 1.82) is 0 Å². The summed E-state index contributed by atoms with van der Waals surface area (Å²) in [5.74, 6) is -0.606. The average Bonchev–Trinajstić information content (AvgIpc) is 2.94. The van der Waals surface area contributed by atoms with Gasteiger partial charge in [0.1, 0.15) is 18.1 Å². The fourth-order valence-corrected chi connectivity index (χ4v) is 2.77. The molecule has 2 aromatic heterocycles. The lowest BCUT2D eigenvalue weighted by molar-refractivity contribution is -0.137. The second-order valence-electron chi connectivity index (χ2n) is 5.64. The Labute approximate surface area is 138 Å². The standard InChI is InChI=1S/C15H18N6O3/c1-10-18-14(21(19-10)9-11(22)23)12-13(17-6-5-16-12)15(24)20-7-3-2-4-8-20/h5-6H,2-4,7-9H2,1H3,(H,22,23). The second-order valence-corrected chi connectivity index (χ2v) is 5.64. The van der Waals surface area contributed by atoms with Crippen molar-refractivity contribution in [3.63, 3.8) is 0 Å². The molecular weight excluding hydrogens is 312 g/mol. The van der Waals surface area contributed by atoms with Gasteiger partial charge in [0.25, 0.3) is 5.91 Å². The molecule has 3 rings (SSSR count). The molecule has 9 heteroatoms. The fourth-order valence-electron chi connectivity index (χ4n) is 2.77. The van der Waals surface area contributed by atoms with Crippen LogP contribution >= 0.6 is 0 Å². The number of nitrogens with zero attached hydrogens (tertiary/aromatic N) is 6. The van der Waals surface area contributed by atoms with E-state index < -0.39 is 5.97 Å². The topological polar surface area (TPSA) is 114 Å². The molecule has 0 saturated carbocycles. The largest absolute Gasteiger partial charge is 0.480 e. The van der Waals surface area contributed by atoms with Crippen LogP contribution in [0.3, 0.4) is 0 Å². The molecule has 0 unspecified atom stereocenters. The summed E-state index contributed by atoms with van der Waals surface area (Å²) in [7, 11) is 0. The average molecular weight is 330 g/mol. The molecule has 0 atom stereocenters. The van der Waals surface area contributed by atoms with Gasteiger partial charge < -0.3 is 10.0 Å². The van der Waals surface area contributed by atoms with Crippen LogP contribution in [-0.4, -0.2) is 59.7 Å². The number of hydrogen-bond donors (Lipinski definition) is 1. The molecule has 1 aliphatic heterocycles. The molecule has 0 aromatic carbocycles. The van der Waals surface area contributed by atoms with Gasteiger partial charge >= 0.3 is 5.97 Å². The highest BCUT2D eigenvalue weighted by Gasteiger charge is 2.26. The van der Waals surface area contributed by atoms with Crippen LogP contribution in [-0.2, 0) is 11.3 Å². The Morgan fingerprint density at radius 1 is 1.17 bits per heavy atom. The van der Waals surface area contributed by atoms with Crippen LogP contribution in [0, 0.1) is 6.92 Å². The van der Waals surface area contributed by atoms with Gasteiger partial charge in [0.05, 0.1) is 0 Å². The van der Waals surface area contributed by atoms with Crippen LogP contribution in [0.2, 0.25) is 0 Å². The molecule has 3 heterocycles. The zero-order valence-corrected chi connectivity index (χ0v) is 13.3. The number of rotatable bonds is 4. The van der Waals surface area contributed by atoms with Crippen LogP contribution in [0.4, 0.5) is 0 Å². The minimum atomic E-state index is -1.05. The molecule has 0 aliphatic carbocycles. The molecule has 0 bridgehead atoms. The smallest absolute Gasteiger partial charge is 0.325 e. The van der Waals surface area contributed by atoms with Crippen LogP contribution in [0.5, 0.6) is 0 Å². The molecule has 0 radical (unpaired) electrons. The first-order chi connectivity index (χ1) is 11.6. The molecule has 1 N–H and O–H groups in total. The minimum absolute atomic E-state index is 0.179. The summed E-state index contributed by atoms with van der Waals surface area (Å²) in [6, 6.07) is 0. The molecule has 1 aliphatic rings. The van der Waals surface area contributed by atoms with Crippen molar-refractivity contribution < 1.29 is 14.7 Å². The highest BCUT2D eigenvalue weighted by molar-refractivity contribution is 5.97. The summed E-state index contributed by atoms with van der Waals surface area (Å²) in [5, 5.41) is 13.1. The van der Waals surface area contributed by atoms with E-state index in [2.05, 4.69) is 20.1 Å². The van der Waals surface area contributed by atoms with E-state index in [1.165, 1.54) is 17.1 Å². The predicted octanol–water partition coefficient (Wildman–Crippen LogP) is 0.754. The van der Waals surface area contributed by atoms with E-state index in [0.29, 0.717) is 18.9 Å². The summed E-state index contributed by atoms with van der Waals surface area (Å²) < 4.78 is 1.23. The first kappa shape index (κ1) is 16.0. The second kappa shape index (κ2) is 6.73. The Hall–Kier alpha value is -2.84. The Morgan fingerprint density at radius 2 is 1.88 bits per heavy atom. The highest BCUT2D eigenvalue weighted by atomic mass is 16.4. The Bertz CT molecular complexity index is 766. The van der Waals surface area contributed by atoms with E-state index in [4.69, 9.17) is 5.11 Å². The van der Waals surface area contributed by atoms with Crippen LogP contribution in [0.1, 0.15) is 35.6 Å². The number of carbonyl (C=O) groups excluding carboxylic acids is 1. The zero-order chi connectivity index (χ0) is 17.1. The lowest BCUT2D eigenvalue weighted by atomic mass is 10.1. The molecule has 1 amide bonds. The molecule has 2 aromatic rings. The van der Waals surface area contributed by atoms with E-state index in [9.17, 15) is 9.59 Å². The lowest BCUT2D eigenvalue weighted by Crippen LogP contribution is -2.36. The van der Waals surface area contributed by atoms with Gasteiger partial charge in [-0.2, -0.15) is 5.10 Å². The van der Waals surface area contributed by atoms with Crippen molar-refractivity contribution in [1.82, 2.24) is 29.6 Å². The molecule has 0 spiro atoms. The van der Waals surface area contributed by atoms with Crippen molar-refractivity contribution in [3.8, 4) is 11.5 Å². The van der Waals surface area contributed by atoms with Crippen molar-refractivity contribution in [2.45, 2.75) is 32.7 Å². The van der Waals surface area contributed by atoms with Gasteiger partial charge in [-0.05, 0) is 26.2 Å². The van der Waals surface area contributed by atoms with Crippen molar-refractivity contribution >= 4 is 11.9 Å². The first-order valence-corrected chi connectivity index (χ1v) is 7.80. The third-order valence-corrected chi connectivity index (χ3v) is 3.82. The molecule has 1 fully saturated rings. The third-order valence-electron chi connectivity index (χ3n) is 3.82. The summed E-state index contributed by atoms with van der Waals surface area (Å²) in [4.78, 5) is 38.2. The van der Waals surface area contributed by atoms with Crippen LogP contribution in [0.25, 0.3) is 11.5 Å². The number of amides is 1. The quantitative estimate of drug-likeness (QED) is 0.880. The SMILES string of the molecule is Cc1nc(-c2nccnc2C(=O)N2CCCCC2)n(CC(=O)O)n1. The van der Waals surface area contributed by atoms with Gasteiger partial charge in [-0.15, -0.1) is 0 Å². The highest BCUT2D eigenvalue weighted by Crippen LogP contribution is 2.21. The van der Waals surface area contributed by atoms with E-state index in [1.54, 1.807) is 11.8 Å². The number of aliphatic carboxylic acids is 1. The number of aromatic nitrogens is 5. The van der Waals surface area contributed by atoms with Gasteiger partial charge in [-0.1, -0.05) is 0 Å². The Balaban J connectivity index is 2.00. The zero-order valence-electron chi connectivity index (χ0n) is 13.3. The predicted molar refractivity (Wildman–Crippen MR) is 83.2 cm³/mol. The van der Waals surface area contributed by atoms with Crippen LogP contribution < -0.4 is 0 Å². The van der Waals surface area contributed by atoms with Crippen molar-refractivity contribution in [3.05, 3.63) is 23.9 Å². The summed E-state index contributed by atoms with van der Waals surface area (Å²) in [6.45, 7) is 2.68. The lowest BCUT2D eigenvalue weighted by Gasteiger charge is -2.26. The van der Waals surface area contributed by atoms with Crippen molar-refractivity contribution in [2.24, 2.45) is 0 Å². The molecule has 1 saturated heterocycles. The van der Waals surface area contributed by atoms with Gasteiger partial charge in [-0.3, -0.25) is 9.59 Å². The number of carboxylic acids is 1. The van der Waals surface area contributed by atoms with Gasteiger partial charge in [0.15, 0.2) is 11.5 Å². The monoisotopic (exact) mass is 330 g/mol. The number of aryl methyl sites for hydroxylation is 1. The van der Waals surface area contributed by atoms with Gasteiger partial charge in [-0.25, -0.2) is 19.6 Å². The first-order valence-electron chi connectivity index (χ1n) is 7.80. The minimum Gasteiger partial charge on any atom is -0.480 e. The number of likely N-dealkylation sites (tertiary alicyclic amines) is 1. The normalized spacial score (nSPS) is 14.6. The summed E-state index contributed by atoms with van der Waals surface area (Å²) in [5.41, 5.74) is 0.438. The van der Waals surface area contributed by atoms with E-state index in [0.717, 1.165) is 19.3 Å². The van der Waals surface area contributed by atoms with E-state index >= 15 is 0 Å². The molecule has 9 nitrogen and oxygen atoms in total. The number of carboxylic acid groups (broad SMARTS) is 1. The Morgan fingerprint density at radius 3 is 2.58 bits per heavy atom. The fraction of sp³-hybridized carbons (Fsp3) is 0.467. The Kier molecular flexibility index (Phi) is 4.50. The molecular formula is C15H18N6O3. The van der Waals surface area contributed by atoms with Crippen LogP contribution in [0.15, 0.2) is 12.4 Å².